The molecule has 0 radical (unpaired) electrons. The van der Waals surface area contributed by atoms with Crippen LogP contribution in [-0.2, 0) is 9.53 Å². The molecule has 1 aromatic rings. The Bertz CT molecular complexity index is 303. The van der Waals surface area contributed by atoms with Crippen LogP contribution in [0.4, 0.5) is 5.69 Å². The van der Waals surface area contributed by atoms with E-state index >= 15 is 0 Å². The van der Waals surface area contributed by atoms with Crippen molar-refractivity contribution < 1.29 is 14.6 Å². The molecule has 0 aromatic carbocycles. The molecule has 1 atom stereocenters. The van der Waals surface area contributed by atoms with Crippen LogP contribution in [-0.4, -0.2) is 35.8 Å². The third-order valence-electron chi connectivity index (χ3n) is 1.95. The van der Waals surface area contributed by atoms with E-state index in [1.54, 1.807) is 12.4 Å². The van der Waals surface area contributed by atoms with Gasteiger partial charge in [-0.1, -0.05) is 0 Å². The van der Waals surface area contributed by atoms with Gasteiger partial charge in [0.15, 0.2) is 0 Å². The van der Waals surface area contributed by atoms with Crippen molar-refractivity contribution in [1.82, 2.24) is 4.98 Å². The summed E-state index contributed by atoms with van der Waals surface area (Å²) in [6.45, 7) is 0.465. The number of hydrogen-bond acceptors (Lipinski definition) is 4. The number of aromatic nitrogens is 1. The quantitative estimate of drug-likeness (QED) is 0.732. The lowest BCUT2D eigenvalue weighted by Crippen LogP contribution is -2.24. The third kappa shape index (κ3) is 4.42. The summed E-state index contributed by atoms with van der Waals surface area (Å²) < 4.78 is 5.02. The van der Waals surface area contributed by atoms with Crippen LogP contribution < -0.4 is 5.32 Å². The minimum Gasteiger partial charge on any atom is -0.481 e. The van der Waals surface area contributed by atoms with Crippen LogP contribution in [0.5, 0.6) is 0 Å². The molecule has 0 aliphatic rings. The average molecular weight is 210 g/mol. The zero-order chi connectivity index (χ0) is 11.1. The van der Waals surface area contributed by atoms with Crippen LogP contribution >= 0.6 is 0 Å². The molecular formula is C10H14N2O3. The van der Waals surface area contributed by atoms with Crippen LogP contribution in [0.1, 0.15) is 6.42 Å². The van der Waals surface area contributed by atoms with E-state index in [2.05, 4.69) is 10.3 Å². The Morgan fingerprint density at radius 3 is 2.80 bits per heavy atom. The van der Waals surface area contributed by atoms with Gasteiger partial charge in [0.2, 0.25) is 0 Å². The number of carbonyl (C=O) groups is 1. The standard InChI is InChI=1S/C10H14N2O3/c1-15-9(6-10(13)14)7-12-8-2-4-11-5-3-8/h2-5,9H,6-7H2,1H3,(H,11,12)(H,13,14). The van der Waals surface area contributed by atoms with Gasteiger partial charge in [-0.3, -0.25) is 9.78 Å². The lowest BCUT2D eigenvalue weighted by atomic mass is 10.2. The predicted octanol–water partition coefficient (Wildman–Crippen LogP) is 0.983. The zero-order valence-electron chi connectivity index (χ0n) is 8.51. The Kier molecular flexibility index (Phi) is 4.56. The van der Waals surface area contributed by atoms with Crippen molar-refractivity contribution in [2.75, 3.05) is 19.0 Å². The van der Waals surface area contributed by atoms with Crippen LogP contribution in [0.3, 0.4) is 0 Å². The summed E-state index contributed by atoms with van der Waals surface area (Å²) >= 11 is 0. The van der Waals surface area contributed by atoms with E-state index in [0.717, 1.165) is 5.69 Å². The van der Waals surface area contributed by atoms with Gasteiger partial charge >= 0.3 is 5.97 Å². The number of nitrogens with one attached hydrogen (secondary N) is 1. The largest absolute Gasteiger partial charge is 0.481 e. The van der Waals surface area contributed by atoms with E-state index in [1.807, 2.05) is 12.1 Å². The number of nitrogens with zero attached hydrogens (tertiary/aromatic N) is 1. The highest BCUT2D eigenvalue weighted by atomic mass is 16.5. The molecule has 0 fully saturated rings. The first-order chi connectivity index (χ1) is 7.22. The monoisotopic (exact) mass is 210 g/mol. The van der Waals surface area contributed by atoms with E-state index in [-0.39, 0.29) is 12.5 Å². The molecule has 1 aromatic heterocycles. The van der Waals surface area contributed by atoms with Gasteiger partial charge in [-0.25, -0.2) is 0 Å². The molecule has 1 rings (SSSR count). The highest BCUT2D eigenvalue weighted by Gasteiger charge is 2.11. The molecule has 1 unspecified atom stereocenters. The van der Waals surface area contributed by atoms with Crippen molar-refractivity contribution in [2.45, 2.75) is 12.5 Å². The number of carboxylic acids is 1. The Labute approximate surface area is 88.1 Å². The summed E-state index contributed by atoms with van der Waals surface area (Å²) in [4.78, 5) is 14.3. The Morgan fingerprint density at radius 1 is 1.60 bits per heavy atom. The SMILES string of the molecule is COC(CNc1ccncc1)CC(=O)O. The number of pyridine rings is 1. The smallest absolute Gasteiger partial charge is 0.306 e. The first-order valence-corrected chi connectivity index (χ1v) is 4.61. The van der Waals surface area contributed by atoms with Crippen molar-refractivity contribution in [2.24, 2.45) is 0 Å². The Hall–Kier alpha value is -1.62. The van der Waals surface area contributed by atoms with Crippen LogP contribution in [0.25, 0.3) is 0 Å². The maximum atomic E-state index is 10.5. The minimum absolute atomic E-state index is 0.00537. The number of hydrogen-bond donors (Lipinski definition) is 2. The van der Waals surface area contributed by atoms with E-state index in [9.17, 15) is 4.79 Å². The van der Waals surface area contributed by atoms with E-state index < -0.39 is 5.97 Å². The maximum Gasteiger partial charge on any atom is 0.306 e. The summed E-state index contributed by atoms with van der Waals surface area (Å²) in [5.41, 5.74) is 0.900. The molecule has 15 heavy (non-hydrogen) atoms. The fourth-order valence-electron chi connectivity index (χ4n) is 1.14. The molecule has 0 bridgehead atoms. The van der Waals surface area contributed by atoms with Crippen molar-refractivity contribution >= 4 is 11.7 Å². The average Bonchev–Trinajstić information content (AvgIpc) is 2.25. The van der Waals surface area contributed by atoms with Gasteiger partial charge < -0.3 is 15.2 Å². The lowest BCUT2D eigenvalue weighted by molar-refractivity contribution is -0.139. The van der Waals surface area contributed by atoms with Crippen molar-refractivity contribution in [3.63, 3.8) is 0 Å². The highest BCUT2D eigenvalue weighted by Crippen LogP contribution is 2.05. The highest BCUT2D eigenvalue weighted by molar-refractivity contribution is 5.67. The van der Waals surface area contributed by atoms with E-state index in [0.29, 0.717) is 6.54 Å². The van der Waals surface area contributed by atoms with Gasteiger partial charge in [0, 0.05) is 31.7 Å². The van der Waals surface area contributed by atoms with Gasteiger partial charge in [0.1, 0.15) is 0 Å². The summed E-state index contributed by atoms with van der Waals surface area (Å²) in [7, 11) is 1.50. The molecule has 0 aliphatic heterocycles. The van der Waals surface area contributed by atoms with Crippen molar-refractivity contribution in [3.05, 3.63) is 24.5 Å². The second-order valence-corrected chi connectivity index (χ2v) is 3.07. The Morgan fingerprint density at radius 2 is 2.27 bits per heavy atom. The maximum absolute atomic E-state index is 10.5. The van der Waals surface area contributed by atoms with Gasteiger partial charge in [-0.05, 0) is 12.1 Å². The molecule has 0 saturated heterocycles. The molecule has 0 amide bonds. The zero-order valence-corrected chi connectivity index (χ0v) is 8.51. The van der Waals surface area contributed by atoms with Gasteiger partial charge in [-0.2, -0.15) is 0 Å². The summed E-state index contributed by atoms with van der Waals surface area (Å²) in [6, 6.07) is 3.63. The molecule has 82 valence electrons. The van der Waals surface area contributed by atoms with E-state index in [1.165, 1.54) is 7.11 Å². The molecule has 5 heteroatoms. The van der Waals surface area contributed by atoms with Crippen LogP contribution in [0, 0.1) is 0 Å². The fourth-order valence-corrected chi connectivity index (χ4v) is 1.14. The minimum atomic E-state index is -0.863. The number of anilines is 1. The topological polar surface area (TPSA) is 71.5 Å². The number of methoxy groups -OCH3 is 1. The second kappa shape index (κ2) is 5.98. The lowest BCUT2D eigenvalue weighted by Gasteiger charge is -2.14. The van der Waals surface area contributed by atoms with Crippen LogP contribution in [0.15, 0.2) is 24.5 Å². The fraction of sp³-hybridized carbons (Fsp3) is 0.400. The first-order valence-electron chi connectivity index (χ1n) is 4.61. The summed E-state index contributed by atoms with van der Waals surface area (Å²) in [5, 5.41) is 11.7. The van der Waals surface area contributed by atoms with Crippen molar-refractivity contribution in [1.29, 1.82) is 0 Å². The Balaban J connectivity index is 2.37. The molecule has 0 spiro atoms. The molecule has 0 saturated carbocycles. The van der Waals surface area contributed by atoms with E-state index in [4.69, 9.17) is 9.84 Å². The molecule has 0 aliphatic carbocycles. The number of ether oxygens (including phenoxy) is 1. The molecular weight excluding hydrogens is 196 g/mol. The summed E-state index contributed by atoms with van der Waals surface area (Å²) in [6.07, 6.45) is 3.01. The summed E-state index contributed by atoms with van der Waals surface area (Å²) in [5.74, 6) is -0.863. The van der Waals surface area contributed by atoms with Crippen molar-refractivity contribution in [3.8, 4) is 0 Å². The van der Waals surface area contributed by atoms with Crippen LogP contribution in [0.2, 0.25) is 0 Å². The number of aliphatic carboxylic acids is 1. The van der Waals surface area contributed by atoms with Gasteiger partial charge in [-0.15, -0.1) is 0 Å². The van der Waals surface area contributed by atoms with Gasteiger partial charge in [0.05, 0.1) is 12.5 Å². The number of carboxylic acid groups (broad SMARTS) is 1. The molecule has 5 nitrogen and oxygen atoms in total. The first kappa shape index (κ1) is 11.5. The third-order valence-corrected chi connectivity index (χ3v) is 1.95. The normalized spacial score (nSPS) is 12.1. The molecule has 1 heterocycles. The second-order valence-electron chi connectivity index (χ2n) is 3.07. The molecule has 2 N–H and O–H groups in total. The van der Waals surface area contributed by atoms with Gasteiger partial charge in [0.25, 0.3) is 0 Å². The number of rotatable bonds is 6. The predicted molar refractivity (Wildman–Crippen MR) is 55.8 cm³/mol.